The van der Waals surface area contributed by atoms with E-state index in [4.69, 9.17) is 9.47 Å². The van der Waals surface area contributed by atoms with Crippen LogP contribution in [0.4, 0.5) is 0 Å². The van der Waals surface area contributed by atoms with E-state index in [1.165, 1.54) is 0 Å². The fraction of sp³-hybridized carbons (Fsp3) is 0.435. The van der Waals surface area contributed by atoms with Crippen molar-refractivity contribution in [1.82, 2.24) is 9.80 Å². The van der Waals surface area contributed by atoms with Crippen LogP contribution in [0, 0.1) is 0 Å². The molecule has 1 amide bonds. The molecule has 0 N–H and O–H groups in total. The Balaban J connectivity index is 1.68. The molecule has 28 heavy (non-hydrogen) atoms. The lowest BCUT2D eigenvalue weighted by atomic mass is 9.96. The summed E-state index contributed by atoms with van der Waals surface area (Å²) in [5.74, 6) is 2.08. The summed E-state index contributed by atoms with van der Waals surface area (Å²) >= 11 is 0. The normalized spacial score (nSPS) is 18.6. The number of amides is 1. The monoisotopic (exact) mass is 382 g/mol. The molecule has 2 unspecified atom stereocenters. The Morgan fingerprint density at radius 2 is 1.79 bits per heavy atom. The van der Waals surface area contributed by atoms with Crippen molar-refractivity contribution in [3.05, 3.63) is 59.7 Å². The molecule has 150 valence electrons. The van der Waals surface area contributed by atoms with Gasteiger partial charge in [0.25, 0.3) is 0 Å². The Bertz CT molecular complexity index is 791. The van der Waals surface area contributed by atoms with Crippen molar-refractivity contribution in [1.29, 1.82) is 0 Å². The first-order valence-corrected chi connectivity index (χ1v) is 9.78. The van der Waals surface area contributed by atoms with Gasteiger partial charge in [-0.05, 0) is 36.7 Å². The largest absolute Gasteiger partial charge is 0.497 e. The van der Waals surface area contributed by atoms with E-state index in [1.54, 1.807) is 14.2 Å². The van der Waals surface area contributed by atoms with Crippen LogP contribution in [0.2, 0.25) is 0 Å². The molecule has 0 bridgehead atoms. The van der Waals surface area contributed by atoms with Crippen LogP contribution in [0.15, 0.2) is 48.5 Å². The smallest absolute Gasteiger partial charge is 0.223 e. The number of para-hydroxylation sites is 1. The van der Waals surface area contributed by atoms with Crippen molar-refractivity contribution in [2.24, 2.45) is 0 Å². The number of benzene rings is 2. The SMILES string of the molecule is COc1ccc(C(C)CC(=O)N2CCN(C)C(c3ccccc3OC)C2)cc1. The van der Waals surface area contributed by atoms with E-state index in [-0.39, 0.29) is 17.9 Å². The molecule has 2 aromatic rings. The number of rotatable bonds is 6. The summed E-state index contributed by atoms with van der Waals surface area (Å²) < 4.78 is 10.8. The van der Waals surface area contributed by atoms with Crippen LogP contribution in [0.25, 0.3) is 0 Å². The number of carbonyl (C=O) groups is 1. The van der Waals surface area contributed by atoms with Gasteiger partial charge in [-0.3, -0.25) is 9.69 Å². The quantitative estimate of drug-likeness (QED) is 0.764. The summed E-state index contributed by atoms with van der Waals surface area (Å²) in [4.78, 5) is 17.3. The highest BCUT2D eigenvalue weighted by atomic mass is 16.5. The first-order valence-electron chi connectivity index (χ1n) is 9.78. The second-order valence-electron chi connectivity index (χ2n) is 7.46. The van der Waals surface area contributed by atoms with Crippen LogP contribution in [0.5, 0.6) is 11.5 Å². The van der Waals surface area contributed by atoms with Gasteiger partial charge in [0.2, 0.25) is 5.91 Å². The summed E-state index contributed by atoms with van der Waals surface area (Å²) in [6.45, 7) is 4.40. The van der Waals surface area contributed by atoms with Gasteiger partial charge in [-0.1, -0.05) is 37.3 Å². The predicted octanol–water partition coefficient (Wildman–Crippen LogP) is 3.71. The molecule has 5 nitrogen and oxygen atoms in total. The molecule has 1 aliphatic heterocycles. The van der Waals surface area contributed by atoms with Crippen molar-refractivity contribution < 1.29 is 14.3 Å². The molecule has 1 fully saturated rings. The molecule has 2 aromatic carbocycles. The number of ether oxygens (including phenoxy) is 2. The number of hydrogen-bond acceptors (Lipinski definition) is 4. The molecule has 0 radical (unpaired) electrons. The lowest BCUT2D eigenvalue weighted by Gasteiger charge is -2.40. The highest BCUT2D eigenvalue weighted by molar-refractivity contribution is 5.77. The summed E-state index contributed by atoms with van der Waals surface area (Å²) in [7, 11) is 5.47. The highest BCUT2D eigenvalue weighted by Crippen LogP contribution is 2.32. The van der Waals surface area contributed by atoms with Crippen LogP contribution < -0.4 is 9.47 Å². The van der Waals surface area contributed by atoms with Crippen molar-refractivity contribution in [2.45, 2.75) is 25.3 Å². The zero-order valence-electron chi connectivity index (χ0n) is 17.2. The molecule has 0 aliphatic carbocycles. The second-order valence-corrected chi connectivity index (χ2v) is 7.46. The lowest BCUT2D eigenvalue weighted by molar-refractivity contribution is -0.134. The summed E-state index contributed by atoms with van der Waals surface area (Å²) in [5, 5.41) is 0. The fourth-order valence-electron chi connectivity index (χ4n) is 3.82. The van der Waals surface area contributed by atoms with Crippen molar-refractivity contribution in [3.8, 4) is 11.5 Å². The summed E-state index contributed by atoms with van der Waals surface area (Å²) in [6, 6.07) is 16.2. The Morgan fingerprint density at radius 3 is 2.46 bits per heavy atom. The minimum atomic E-state index is 0.144. The summed E-state index contributed by atoms with van der Waals surface area (Å²) in [5.41, 5.74) is 2.29. The third kappa shape index (κ3) is 4.47. The van der Waals surface area contributed by atoms with Crippen molar-refractivity contribution >= 4 is 5.91 Å². The maximum Gasteiger partial charge on any atom is 0.223 e. The van der Waals surface area contributed by atoms with Gasteiger partial charge in [0.1, 0.15) is 11.5 Å². The van der Waals surface area contributed by atoms with Gasteiger partial charge in [-0.2, -0.15) is 0 Å². The molecule has 0 aromatic heterocycles. The van der Waals surface area contributed by atoms with Gasteiger partial charge in [0, 0.05) is 31.6 Å². The zero-order chi connectivity index (χ0) is 20.1. The first kappa shape index (κ1) is 20.2. The van der Waals surface area contributed by atoms with Gasteiger partial charge in [-0.25, -0.2) is 0 Å². The lowest BCUT2D eigenvalue weighted by Crippen LogP contribution is -2.49. The average molecular weight is 383 g/mol. The maximum absolute atomic E-state index is 13.0. The molecule has 0 spiro atoms. The molecule has 1 saturated heterocycles. The molecular weight excluding hydrogens is 352 g/mol. The first-order chi connectivity index (χ1) is 13.5. The average Bonchev–Trinajstić information content (AvgIpc) is 2.74. The third-order valence-corrected chi connectivity index (χ3v) is 5.66. The molecule has 0 saturated carbocycles. The number of nitrogens with zero attached hydrogens (tertiary/aromatic N) is 2. The Morgan fingerprint density at radius 1 is 1.07 bits per heavy atom. The Kier molecular flexibility index (Phi) is 6.57. The predicted molar refractivity (Wildman–Crippen MR) is 111 cm³/mol. The topological polar surface area (TPSA) is 42.0 Å². The minimum absolute atomic E-state index is 0.144. The third-order valence-electron chi connectivity index (χ3n) is 5.66. The van der Waals surface area contributed by atoms with Crippen molar-refractivity contribution in [3.63, 3.8) is 0 Å². The minimum Gasteiger partial charge on any atom is -0.497 e. The molecular formula is C23H30N2O3. The van der Waals surface area contributed by atoms with E-state index in [0.29, 0.717) is 13.0 Å². The fourth-order valence-corrected chi connectivity index (χ4v) is 3.82. The number of likely N-dealkylation sites (N-methyl/N-ethyl adjacent to an activating group) is 1. The Labute approximate surface area is 167 Å². The van der Waals surface area contributed by atoms with Crippen LogP contribution in [0.1, 0.15) is 36.4 Å². The van der Waals surface area contributed by atoms with Crippen LogP contribution in [-0.2, 0) is 4.79 Å². The van der Waals surface area contributed by atoms with Crippen LogP contribution >= 0.6 is 0 Å². The van der Waals surface area contributed by atoms with E-state index in [0.717, 1.165) is 35.7 Å². The molecule has 1 aliphatic rings. The van der Waals surface area contributed by atoms with E-state index in [2.05, 4.69) is 24.9 Å². The van der Waals surface area contributed by atoms with Gasteiger partial charge < -0.3 is 14.4 Å². The molecule has 2 atom stereocenters. The van der Waals surface area contributed by atoms with Crippen LogP contribution in [0.3, 0.4) is 0 Å². The molecule has 1 heterocycles. The molecule has 3 rings (SSSR count). The Hall–Kier alpha value is -2.53. The zero-order valence-corrected chi connectivity index (χ0v) is 17.2. The van der Waals surface area contributed by atoms with E-state index < -0.39 is 0 Å². The molecule has 5 heteroatoms. The second kappa shape index (κ2) is 9.11. The number of piperazine rings is 1. The highest BCUT2D eigenvalue weighted by Gasteiger charge is 2.30. The van der Waals surface area contributed by atoms with Gasteiger partial charge in [0.05, 0.1) is 20.3 Å². The van der Waals surface area contributed by atoms with E-state index >= 15 is 0 Å². The number of hydrogen-bond donors (Lipinski definition) is 0. The van der Waals surface area contributed by atoms with Gasteiger partial charge in [0.15, 0.2) is 0 Å². The number of carbonyl (C=O) groups excluding carboxylic acids is 1. The van der Waals surface area contributed by atoms with Crippen molar-refractivity contribution in [2.75, 3.05) is 40.9 Å². The van der Waals surface area contributed by atoms with E-state index in [1.807, 2.05) is 47.4 Å². The van der Waals surface area contributed by atoms with Gasteiger partial charge >= 0.3 is 0 Å². The number of methoxy groups -OCH3 is 2. The van der Waals surface area contributed by atoms with E-state index in [9.17, 15) is 4.79 Å². The standard InChI is InChI=1S/C23H30N2O3/c1-17(18-9-11-19(27-3)12-10-18)15-23(26)25-14-13-24(2)21(16-25)20-7-5-6-8-22(20)28-4/h5-12,17,21H,13-16H2,1-4H3. The van der Waals surface area contributed by atoms with Crippen LogP contribution in [-0.4, -0.2) is 56.6 Å². The maximum atomic E-state index is 13.0. The summed E-state index contributed by atoms with van der Waals surface area (Å²) in [6.07, 6.45) is 0.509. The van der Waals surface area contributed by atoms with Gasteiger partial charge in [-0.15, -0.1) is 0 Å².